The van der Waals surface area contributed by atoms with Crippen LogP contribution in [0.1, 0.15) is 53.5 Å². The number of pyridine rings is 1. The van der Waals surface area contributed by atoms with Gasteiger partial charge in [-0.1, -0.05) is 53.5 Å². The zero-order valence-electron chi connectivity index (χ0n) is 29.0. The maximum absolute atomic E-state index is 12.4. The summed E-state index contributed by atoms with van der Waals surface area (Å²) in [5.74, 6) is 2.17. The number of nitrogens with zero attached hydrogens (tertiary/aromatic N) is 3. The van der Waals surface area contributed by atoms with Gasteiger partial charge in [-0.25, -0.2) is 0 Å². The highest BCUT2D eigenvalue weighted by molar-refractivity contribution is 6.35. The summed E-state index contributed by atoms with van der Waals surface area (Å²) < 4.78 is 18.9. The van der Waals surface area contributed by atoms with Crippen molar-refractivity contribution in [3.63, 3.8) is 0 Å². The average Bonchev–Trinajstić information content (AvgIpc) is 3.14. The minimum absolute atomic E-state index is 0.0141. The normalized spacial score (nSPS) is 17.7. The van der Waals surface area contributed by atoms with E-state index in [2.05, 4.69) is 46.6 Å². The van der Waals surface area contributed by atoms with Gasteiger partial charge < -0.3 is 29.7 Å². The summed E-state index contributed by atoms with van der Waals surface area (Å²) in [7, 11) is 2.16. The molecule has 0 radical (unpaired) electrons. The third-order valence-corrected chi connectivity index (χ3v) is 10.2. The minimum Gasteiger partial charge on any atom is -0.492 e. The van der Waals surface area contributed by atoms with Gasteiger partial charge in [0.25, 0.3) is 0 Å². The van der Waals surface area contributed by atoms with E-state index in [4.69, 9.17) is 37.4 Å². The molecular weight excluding hydrogens is 685 g/mol. The minimum atomic E-state index is -0.298. The molecule has 3 heterocycles. The number of carbonyl (C=O) groups is 1. The van der Waals surface area contributed by atoms with Crippen LogP contribution >= 0.6 is 23.2 Å². The smallest absolute Gasteiger partial charge is 0.237 e. The topological polar surface area (TPSA) is 109 Å². The lowest BCUT2D eigenvalue weighted by atomic mass is 9.96. The molecule has 2 aliphatic rings. The van der Waals surface area contributed by atoms with Crippen LogP contribution in [0.15, 0.2) is 67.0 Å². The van der Waals surface area contributed by atoms with Crippen molar-refractivity contribution < 1.29 is 19.0 Å². The first-order valence-corrected chi connectivity index (χ1v) is 18.2. The number of likely N-dealkylation sites (tertiary alicyclic amines) is 1. The third kappa shape index (κ3) is 9.32. The Morgan fingerprint density at radius 2 is 1.78 bits per heavy atom. The van der Waals surface area contributed by atoms with Crippen molar-refractivity contribution in [2.24, 2.45) is 5.92 Å². The molecular formula is C40H43Cl2N5O4. The van der Waals surface area contributed by atoms with Crippen LogP contribution in [0.3, 0.4) is 0 Å². The third-order valence-electron chi connectivity index (χ3n) is 9.54. The number of carbonyl (C=O) groups excluding carboxylic acids is 1. The maximum atomic E-state index is 12.4. The van der Waals surface area contributed by atoms with E-state index >= 15 is 0 Å². The monoisotopic (exact) mass is 727 g/mol. The Bertz CT molecular complexity index is 1900. The second kappa shape index (κ2) is 17.3. The molecule has 3 aromatic carbocycles. The number of amides is 1. The van der Waals surface area contributed by atoms with E-state index in [0.29, 0.717) is 58.5 Å². The van der Waals surface area contributed by atoms with E-state index in [0.717, 1.165) is 65.7 Å². The van der Waals surface area contributed by atoms with E-state index in [1.165, 1.54) is 12.6 Å². The number of aromatic nitrogens is 1. The van der Waals surface area contributed by atoms with Gasteiger partial charge >= 0.3 is 0 Å². The Morgan fingerprint density at radius 3 is 2.61 bits per heavy atom. The van der Waals surface area contributed by atoms with Crippen LogP contribution in [-0.4, -0.2) is 55.1 Å². The van der Waals surface area contributed by atoms with Crippen LogP contribution < -0.4 is 24.8 Å². The maximum Gasteiger partial charge on any atom is 0.237 e. The van der Waals surface area contributed by atoms with Gasteiger partial charge in [-0.3, -0.25) is 9.78 Å². The van der Waals surface area contributed by atoms with Crippen molar-refractivity contribution in [3.8, 4) is 34.4 Å². The molecule has 1 amide bonds. The predicted molar refractivity (Wildman–Crippen MR) is 199 cm³/mol. The van der Waals surface area contributed by atoms with E-state index in [9.17, 15) is 10.1 Å². The first-order valence-electron chi connectivity index (χ1n) is 17.4. The summed E-state index contributed by atoms with van der Waals surface area (Å²) >= 11 is 13.8. The average molecular weight is 729 g/mol. The summed E-state index contributed by atoms with van der Waals surface area (Å²) in [5, 5.41) is 16.6. The van der Waals surface area contributed by atoms with E-state index in [-0.39, 0.29) is 25.2 Å². The highest BCUT2D eigenvalue weighted by Crippen LogP contribution is 2.39. The van der Waals surface area contributed by atoms with E-state index < -0.39 is 0 Å². The lowest BCUT2D eigenvalue weighted by Crippen LogP contribution is -2.47. The number of hydrogen-bond donors (Lipinski definition) is 2. The standard InChI is InChI=1S/C40H43Cl2N5O4/c1-26-30(8-3-9-32(26)33-10-4-12-36(39(33)42)49-23-27-7-6-14-47(2)22-27)25-51-38-17-37(50-24-29-15-28(18-43)19-44-20-29)31(16-34(38)41)21-46-35-11-5-13-45-40(35)48/h3-4,8-10,12,15-17,19-20,27,35,46H,5-7,11,13-14,21-25H2,1-2H3,(H,45,48). The van der Waals surface area contributed by atoms with Crippen LogP contribution in [-0.2, 0) is 24.6 Å². The Balaban J connectivity index is 1.19. The SMILES string of the molecule is Cc1c(COc2cc(OCc3cncc(C#N)c3)c(CNC3CCCNC3=O)cc2Cl)cccc1-c1cccc(OCC2CCCN(C)C2)c1Cl. The fourth-order valence-electron chi connectivity index (χ4n) is 6.68. The summed E-state index contributed by atoms with van der Waals surface area (Å²) in [6, 6.07) is 19.2. The number of nitrogens with one attached hydrogen (secondary N) is 2. The number of benzene rings is 3. The second-order valence-corrected chi connectivity index (χ2v) is 14.1. The number of halogens is 2. The van der Waals surface area contributed by atoms with Gasteiger partial charge in [0.05, 0.1) is 28.3 Å². The lowest BCUT2D eigenvalue weighted by molar-refractivity contribution is -0.124. The van der Waals surface area contributed by atoms with Gasteiger partial charge in [0.2, 0.25) is 5.91 Å². The van der Waals surface area contributed by atoms with E-state index in [1.54, 1.807) is 18.3 Å². The Morgan fingerprint density at radius 1 is 0.961 bits per heavy atom. The van der Waals surface area contributed by atoms with Gasteiger partial charge in [0.15, 0.2) is 0 Å². The highest BCUT2D eigenvalue weighted by atomic mass is 35.5. The molecule has 2 N–H and O–H groups in total. The predicted octanol–water partition coefficient (Wildman–Crippen LogP) is 7.48. The molecule has 9 nitrogen and oxygen atoms in total. The van der Waals surface area contributed by atoms with Crippen LogP contribution in [0.4, 0.5) is 0 Å². The number of piperidine rings is 2. The Kier molecular flexibility index (Phi) is 12.3. The number of rotatable bonds is 13. The molecule has 2 unspecified atom stereocenters. The lowest BCUT2D eigenvalue weighted by Gasteiger charge is -2.29. The molecule has 6 rings (SSSR count). The highest BCUT2D eigenvalue weighted by Gasteiger charge is 2.23. The van der Waals surface area contributed by atoms with Gasteiger partial charge in [0, 0.05) is 60.7 Å². The Hall–Kier alpha value is -4.33. The fraction of sp³-hybridized carbons (Fsp3) is 0.375. The van der Waals surface area contributed by atoms with Crippen LogP contribution in [0.25, 0.3) is 11.1 Å². The molecule has 0 bridgehead atoms. The summed E-state index contributed by atoms with van der Waals surface area (Å²) in [4.78, 5) is 18.9. The van der Waals surface area contributed by atoms with Gasteiger partial charge in [-0.05, 0) is 81.1 Å². The largest absolute Gasteiger partial charge is 0.492 e. The van der Waals surface area contributed by atoms with Gasteiger partial charge in [-0.2, -0.15) is 5.26 Å². The van der Waals surface area contributed by atoms with Crippen molar-refractivity contribution in [2.45, 2.75) is 58.4 Å². The summed E-state index contributed by atoms with van der Waals surface area (Å²) in [5.41, 5.74) is 5.90. The van der Waals surface area contributed by atoms with Crippen molar-refractivity contribution in [1.82, 2.24) is 20.5 Å². The number of ether oxygens (including phenoxy) is 3. The first kappa shape index (κ1) is 36.5. The molecule has 51 heavy (non-hydrogen) atoms. The first-order chi connectivity index (χ1) is 24.8. The quantitative estimate of drug-likeness (QED) is 0.146. The molecule has 2 atom stereocenters. The summed E-state index contributed by atoms with van der Waals surface area (Å²) in [6.45, 7) is 6.36. The number of nitriles is 1. The molecule has 266 valence electrons. The zero-order chi connectivity index (χ0) is 35.7. The van der Waals surface area contributed by atoms with E-state index in [1.807, 2.05) is 36.4 Å². The van der Waals surface area contributed by atoms with Crippen molar-refractivity contribution in [2.75, 3.05) is 33.3 Å². The number of hydrogen-bond acceptors (Lipinski definition) is 8. The Labute approximate surface area is 309 Å². The molecule has 1 aromatic heterocycles. The molecule has 2 saturated heterocycles. The molecule has 2 aliphatic heterocycles. The zero-order valence-corrected chi connectivity index (χ0v) is 30.5. The van der Waals surface area contributed by atoms with Crippen molar-refractivity contribution in [3.05, 3.63) is 105 Å². The van der Waals surface area contributed by atoms with Gasteiger partial charge in [0.1, 0.15) is 36.5 Å². The molecule has 0 aliphatic carbocycles. The second-order valence-electron chi connectivity index (χ2n) is 13.3. The van der Waals surface area contributed by atoms with Crippen molar-refractivity contribution >= 4 is 29.1 Å². The molecule has 4 aromatic rings. The molecule has 11 heteroatoms. The van der Waals surface area contributed by atoms with Crippen LogP contribution in [0.2, 0.25) is 10.0 Å². The fourth-order valence-corrected chi connectivity index (χ4v) is 7.21. The van der Waals surface area contributed by atoms with Crippen LogP contribution in [0.5, 0.6) is 17.2 Å². The summed E-state index contributed by atoms with van der Waals surface area (Å²) in [6.07, 6.45) is 7.18. The van der Waals surface area contributed by atoms with Gasteiger partial charge in [-0.15, -0.1) is 0 Å². The molecule has 2 fully saturated rings. The van der Waals surface area contributed by atoms with Crippen LogP contribution in [0, 0.1) is 24.2 Å². The molecule has 0 spiro atoms. The van der Waals surface area contributed by atoms with Crippen molar-refractivity contribution in [1.29, 1.82) is 5.26 Å². The molecule has 0 saturated carbocycles.